The molecule has 0 aliphatic rings. The van der Waals surface area contributed by atoms with Crippen LogP contribution < -0.4 is 4.72 Å². The fourth-order valence-electron chi connectivity index (χ4n) is 2.66. The molecule has 2 aromatic rings. The number of rotatable bonds is 13. The van der Waals surface area contributed by atoms with E-state index in [0.29, 0.717) is 23.6 Å². The van der Waals surface area contributed by atoms with Crippen molar-refractivity contribution < 1.29 is 39.5 Å². The number of thioether (sulfide) groups is 1. The van der Waals surface area contributed by atoms with Crippen LogP contribution in [0.3, 0.4) is 0 Å². The van der Waals surface area contributed by atoms with Crippen LogP contribution in [0.4, 0.5) is 5.69 Å². The van der Waals surface area contributed by atoms with Crippen LogP contribution in [0.5, 0.6) is 0 Å². The second kappa shape index (κ2) is 18.5. The molecule has 12 heteroatoms. The van der Waals surface area contributed by atoms with Crippen LogP contribution >= 0.6 is 23.4 Å². The molecule has 196 valence electrons. The predicted octanol–water partition coefficient (Wildman–Crippen LogP) is 5.24. The normalized spacial score (nSPS) is 11.0. The molecule has 0 aliphatic heterocycles. The molecule has 0 heterocycles. The van der Waals surface area contributed by atoms with Crippen LogP contribution in [-0.4, -0.2) is 44.4 Å². The van der Waals surface area contributed by atoms with E-state index in [-0.39, 0.29) is 51.3 Å². The average molecular weight is 723 g/mol. The van der Waals surface area contributed by atoms with Gasteiger partial charge in [0.05, 0.1) is 16.4 Å². The molecule has 0 fully saturated rings. The van der Waals surface area contributed by atoms with Gasteiger partial charge in [-0.2, -0.15) is 0 Å². The van der Waals surface area contributed by atoms with Crippen molar-refractivity contribution in [1.29, 1.82) is 0 Å². The second-order valence-corrected chi connectivity index (χ2v) is 9.87. The Morgan fingerprint density at radius 3 is 2.42 bits per heavy atom. The smallest absolute Gasteiger partial charge is 0.270 e. The Bertz CT molecular complexity index is 1130. The third kappa shape index (κ3) is 12.5. The maximum atomic E-state index is 12.0. The molecule has 0 atom stereocenters. The minimum atomic E-state index is -3.54. The zero-order chi connectivity index (χ0) is 26.3. The standard InChI is InChI=1S/C18H19ClN3O4S.C6H10OS.W/c1-2-10-21-27(25,26)17-6-3-14(4-7-17)9-11-20-13-15-12-16(19)5-8-18(15)22(23)24;1-3-6(4-7)5-8-2;/h2-8,12,21H,1,9-11,13H2;3,5,7H,1,4H2,2H3;/q-1;;/b;6-5+;. The van der Waals surface area contributed by atoms with E-state index >= 15 is 0 Å². The predicted molar refractivity (Wildman–Crippen MR) is 144 cm³/mol. The molecule has 0 spiro atoms. The van der Waals surface area contributed by atoms with Crippen LogP contribution in [0.15, 0.2) is 83.7 Å². The number of aliphatic hydroxyl groups excluding tert-OH is 1. The van der Waals surface area contributed by atoms with Crippen molar-refractivity contribution in [2.75, 3.05) is 26.0 Å². The number of nitrogens with one attached hydrogen (secondary N) is 1. The third-order valence-electron chi connectivity index (χ3n) is 4.44. The van der Waals surface area contributed by atoms with E-state index in [2.05, 4.69) is 23.2 Å². The van der Waals surface area contributed by atoms with E-state index < -0.39 is 14.9 Å². The van der Waals surface area contributed by atoms with Crippen molar-refractivity contribution in [2.45, 2.75) is 17.9 Å². The number of nitrogens with zero attached hydrogens (tertiary/aromatic N) is 2. The molecule has 2 rings (SSSR count). The minimum Gasteiger partial charge on any atom is -0.658 e. The summed E-state index contributed by atoms with van der Waals surface area (Å²) in [4.78, 5) is 10.7. The molecule has 0 unspecified atom stereocenters. The molecule has 0 saturated heterocycles. The number of aliphatic hydroxyl groups is 1. The summed E-state index contributed by atoms with van der Waals surface area (Å²) >= 11 is 7.46. The molecule has 0 aliphatic carbocycles. The summed E-state index contributed by atoms with van der Waals surface area (Å²) in [6.45, 7) is 7.87. The van der Waals surface area contributed by atoms with Gasteiger partial charge in [0.2, 0.25) is 10.0 Å². The van der Waals surface area contributed by atoms with Crippen LogP contribution in [0.1, 0.15) is 11.1 Å². The van der Waals surface area contributed by atoms with Crippen molar-refractivity contribution in [3.63, 3.8) is 0 Å². The summed E-state index contributed by atoms with van der Waals surface area (Å²) in [5.74, 6) is 0. The molecule has 0 bridgehead atoms. The Labute approximate surface area is 236 Å². The van der Waals surface area contributed by atoms with Gasteiger partial charge in [0.25, 0.3) is 5.69 Å². The van der Waals surface area contributed by atoms with Crippen molar-refractivity contribution in [3.05, 3.63) is 110 Å². The molecule has 2 aromatic carbocycles. The summed E-state index contributed by atoms with van der Waals surface area (Å²) < 4.78 is 26.4. The summed E-state index contributed by atoms with van der Waals surface area (Å²) in [7, 11) is -3.54. The third-order valence-corrected chi connectivity index (χ3v) is 6.66. The molecule has 0 saturated carbocycles. The summed E-state index contributed by atoms with van der Waals surface area (Å²) in [5, 5.41) is 26.2. The number of hydrogen-bond donors (Lipinski definition) is 2. The fourth-order valence-corrected chi connectivity index (χ4v) is 4.32. The molecule has 0 radical (unpaired) electrons. The van der Waals surface area contributed by atoms with Gasteiger partial charge in [-0.05, 0) is 53.5 Å². The van der Waals surface area contributed by atoms with Gasteiger partial charge in [0.15, 0.2) is 0 Å². The van der Waals surface area contributed by atoms with Gasteiger partial charge in [-0.25, -0.2) is 13.1 Å². The first-order valence-corrected chi connectivity index (χ1v) is 13.5. The molecule has 2 N–H and O–H groups in total. The summed E-state index contributed by atoms with van der Waals surface area (Å²) in [5.41, 5.74) is 2.24. The monoisotopic (exact) mass is 722 g/mol. The Morgan fingerprint density at radius 2 is 1.92 bits per heavy atom. The van der Waals surface area contributed by atoms with Crippen LogP contribution in [0.25, 0.3) is 5.32 Å². The van der Waals surface area contributed by atoms with Gasteiger partial charge >= 0.3 is 0 Å². The van der Waals surface area contributed by atoms with E-state index in [1.165, 1.54) is 30.3 Å². The van der Waals surface area contributed by atoms with E-state index in [9.17, 15) is 18.5 Å². The Morgan fingerprint density at radius 1 is 1.25 bits per heavy atom. The van der Waals surface area contributed by atoms with Crippen LogP contribution in [0, 0.1) is 10.1 Å². The molecular formula is C24H29ClN3O5S2W-. The number of nitro benzene ring substituents is 1. The van der Waals surface area contributed by atoms with Crippen LogP contribution in [-0.2, 0) is 44.1 Å². The number of sulfonamides is 1. The van der Waals surface area contributed by atoms with E-state index in [0.717, 1.165) is 11.1 Å². The van der Waals surface area contributed by atoms with Gasteiger partial charge in [-0.3, -0.25) is 10.1 Å². The number of hydrogen-bond acceptors (Lipinski definition) is 6. The fraction of sp³-hybridized carbons (Fsp3) is 0.250. The number of benzene rings is 2. The van der Waals surface area contributed by atoms with Crippen LogP contribution in [0.2, 0.25) is 5.02 Å². The quantitative estimate of drug-likeness (QED) is 0.0960. The summed E-state index contributed by atoms with van der Waals surface area (Å²) in [6, 6.07) is 10.9. The van der Waals surface area contributed by atoms with E-state index in [4.69, 9.17) is 16.7 Å². The zero-order valence-corrected chi connectivity index (χ0v) is 25.1. The van der Waals surface area contributed by atoms with Gasteiger partial charge < -0.3 is 10.4 Å². The first-order valence-electron chi connectivity index (χ1n) is 10.4. The first-order chi connectivity index (χ1) is 16.7. The molecular weight excluding hydrogens is 694 g/mol. The van der Waals surface area contributed by atoms with Crippen molar-refractivity contribution >= 4 is 39.1 Å². The molecule has 36 heavy (non-hydrogen) atoms. The molecule has 8 nitrogen and oxygen atoms in total. The minimum absolute atomic E-state index is 0. The van der Waals surface area contributed by atoms with Crippen molar-refractivity contribution in [2.24, 2.45) is 0 Å². The maximum Gasteiger partial charge on any atom is 0.270 e. The van der Waals surface area contributed by atoms with Gasteiger partial charge in [0, 0.05) is 44.3 Å². The zero-order valence-electron chi connectivity index (χ0n) is 19.8. The number of halogens is 1. The Balaban J connectivity index is 0.00000118. The van der Waals surface area contributed by atoms with Gasteiger partial charge in [-0.1, -0.05) is 42.5 Å². The van der Waals surface area contributed by atoms with Gasteiger partial charge in [0.1, 0.15) is 0 Å². The maximum absolute atomic E-state index is 12.0. The molecule has 0 amide bonds. The SMILES string of the molecule is C=C/C(=C\SC)CO.C=CCNS(=O)(=O)c1ccc(CC[N-]Cc2cc(Cl)ccc2[N+](=O)[O-])cc1.[W]. The summed E-state index contributed by atoms with van der Waals surface area (Å²) in [6.07, 6.45) is 5.65. The largest absolute Gasteiger partial charge is 0.658 e. The van der Waals surface area contributed by atoms with E-state index in [1.54, 1.807) is 36.0 Å². The average Bonchev–Trinajstić information content (AvgIpc) is 2.84. The van der Waals surface area contributed by atoms with Gasteiger partial charge in [-0.15, -0.1) is 31.4 Å². The second-order valence-electron chi connectivity index (χ2n) is 6.96. The molecule has 0 aromatic heterocycles. The Kier molecular flexibility index (Phi) is 17.5. The number of nitro groups is 1. The topological polar surface area (TPSA) is 124 Å². The Hall–Kier alpha value is -1.78. The van der Waals surface area contributed by atoms with Crippen molar-refractivity contribution in [1.82, 2.24) is 4.72 Å². The first kappa shape index (κ1) is 34.2. The van der Waals surface area contributed by atoms with E-state index in [1.807, 2.05) is 11.7 Å². The van der Waals surface area contributed by atoms with Crippen molar-refractivity contribution in [3.8, 4) is 0 Å².